The minimum Gasteiger partial charge on any atom is -0.278 e. The molecule has 1 atom stereocenters. The van der Waals surface area contributed by atoms with Crippen LogP contribution in [0.1, 0.15) is 12.0 Å². The molecule has 0 fully saturated rings. The van der Waals surface area contributed by atoms with Gasteiger partial charge in [0, 0.05) is 17.7 Å². The van der Waals surface area contributed by atoms with E-state index < -0.39 is 10.8 Å². The fraction of sp³-hybridized carbons (Fsp3) is 0.167. The Bertz CT molecular complexity index is 467. The molecule has 2 nitrogen and oxygen atoms in total. The van der Waals surface area contributed by atoms with Gasteiger partial charge in [0.15, 0.2) is 5.54 Å². The Morgan fingerprint density at radius 1 is 1.31 bits per heavy atom. The lowest BCUT2D eigenvalue weighted by Gasteiger charge is -2.27. The van der Waals surface area contributed by atoms with Crippen LogP contribution in [0.5, 0.6) is 0 Å². The van der Waals surface area contributed by atoms with Gasteiger partial charge in [-0.25, -0.2) is 0 Å². The second-order valence-electron chi connectivity index (χ2n) is 3.57. The quantitative estimate of drug-likeness (QED) is 0.745. The highest BCUT2D eigenvalue weighted by Crippen LogP contribution is 2.37. The first-order valence-electron chi connectivity index (χ1n) is 4.80. The van der Waals surface area contributed by atoms with E-state index in [2.05, 4.69) is 4.99 Å². The van der Waals surface area contributed by atoms with Crippen molar-refractivity contribution in [3.8, 4) is 0 Å². The Morgan fingerprint density at radius 3 is 2.56 bits per heavy atom. The predicted octanol–water partition coefficient (Wildman–Crippen LogP) is 3.24. The molecule has 2 rings (SSSR count). The Morgan fingerprint density at radius 2 is 2.00 bits per heavy atom. The van der Waals surface area contributed by atoms with Crippen LogP contribution < -0.4 is 0 Å². The fourth-order valence-electron chi connectivity index (χ4n) is 1.72. The van der Waals surface area contributed by atoms with E-state index in [1.807, 2.05) is 30.3 Å². The average Bonchev–Trinajstić information content (AvgIpc) is 2.30. The van der Waals surface area contributed by atoms with Crippen molar-refractivity contribution in [3.05, 3.63) is 47.0 Å². The summed E-state index contributed by atoms with van der Waals surface area (Å²) in [5.41, 5.74) is -0.299. The zero-order chi connectivity index (χ0) is 11.6. The van der Waals surface area contributed by atoms with Gasteiger partial charge in [0.1, 0.15) is 0 Å². The van der Waals surface area contributed by atoms with Crippen LogP contribution in [-0.4, -0.2) is 11.5 Å². The molecule has 1 aliphatic heterocycles. The maximum Gasteiger partial charge on any atom is 0.254 e. The van der Waals surface area contributed by atoms with Gasteiger partial charge in [-0.05, 0) is 23.2 Å². The molecule has 1 unspecified atom stereocenters. The number of aliphatic imine (C=N–C) groups is 1. The van der Waals surface area contributed by atoms with Crippen LogP contribution in [0.4, 0.5) is 0 Å². The topological polar surface area (TPSA) is 29.4 Å². The number of hydrogen-bond acceptors (Lipinski definition) is 2. The number of halogens is 2. The SMILES string of the molecule is O=C(Cl)C1(c2ccccc2)CC(Cl)=CC=N1. The highest BCUT2D eigenvalue weighted by molar-refractivity contribution is 6.65. The summed E-state index contributed by atoms with van der Waals surface area (Å²) < 4.78 is 0. The lowest BCUT2D eigenvalue weighted by molar-refractivity contribution is -0.116. The monoisotopic (exact) mass is 253 g/mol. The Labute approximate surface area is 104 Å². The van der Waals surface area contributed by atoms with Crippen molar-refractivity contribution >= 4 is 34.7 Å². The molecule has 0 aliphatic carbocycles. The predicted molar refractivity (Wildman–Crippen MR) is 66.0 cm³/mol. The Kier molecular flexibility index (Phi) is 3.13. The molecule has 0 saturated heterocycles. The molecule has 1 aromatic rings. The van der Waals surface area contributed by atoms with E-state index >= 15 is 0 Å². The van der Waals surface area contributed by atoms with E-state index in [1.54, 1.807) is 6.08 Å². The van der Waals surface area contributed by atoms with E-state index in [-0.39, 0.29) is 0 Å². The molecule has 1 heterocycles. The lowest BCUT2D eigenvalue weighted by atomic mass is 9.87. The molecule has 0 saturated carbocycles. The van der Waals surface area contributed by atoms with E-state index in [1.165, 1.54) is 6.21 Å². The summed E-state index contributed by atoms with van der Waals surface area (Å²) in [7, 11) is 0. The largest absolute Gasteiger partial charge is 0.278 e. The molecule has 1 aliphatic rings. The highest BCUT2D eigenvalue weighted by atomic mass is 35.5. The van der Waals surface area contributed by atoms with Crippen molar-refractivity contribution in [1.82, 2.24) is 0 Å². The molecule has 0 aromatic heterocycles. The molecule has 0 radical (unpaired) electrons. The van der Waals surface area contributed by atoms with E-state index in [0.29, 0.717) is 11.5 Å². The normalized spacial score (nSPS) is 24.0. The molecule has 0 amide bonds. The molecular formula is C12H9Cl2NO. The van der Waals surface area contributed by atoms with Crippen molar-refractivity contribution in [2.24, 2.45) is 4.99 Å². The number of nitrogens with zero attached hydrogens (tertiary/aromatic N) is 1. The number of hydrogen-bond donors (Lipinski definition) is 0. The molecule has 16 heavy (non-hydrogen) atoms. The van der Waals surface area contributed by atoms with E-state index in [0.717, 1.165) is 5.56 Å². The third-order valence-electron chi connectivity index (χ3n) is 2.55. The highest BCUT2D eigenvalue weighted by Gasteiger charge is 2.40. The fourth-order valence-corrected chi connectivity index (χ4v) is 2.19. The lowest BCUT2D eigenvalue weighted by Crippen LogP contribution is -2.32. The Balaban J connectivity index is 2.51. The van der Waals surface area contributed by atoms with Crippen molar-refractivity contribution < 1.29 is 4.79 Å². The van der Waals surface area contributed by atoms with Gasteiger partial charge in [-0.1, -0.05) is 41.9 Å². The molecule has 1 aromatic carbocycles. The van der Waals surface area contributed by atoms with Gasteiger partial charge in [0.25, 0.3) is 5.24 Å². The number of rotatable bonds is 2. The minimum absolute atomic E-state index is 0.317. The molecule has 0 spiro atoms. The molecule has 0 N–H and O–H groups in total. The zero-order valence-corrected chi connectivity index (χ0v) is 9.87. The number of dihydropyridines is 1. The summed E-state index contributed by atoms with van der Waals surface area (Å²) in [5, 5.41) is 0.0639. The summed E-state index contributed by atoms with van der Waals surface area (Å²) in [6.45, 7) is 0. The van der Waals surface area contributed by atoms with Crippen molar-refractivity contribution in [2.75, 3.05) is 0 Å². The standard InChI is InChI=1S/C12H9Cl2NO/c13-10-6-7-15-12(8-10,11(14)16)9-4-2-1-3-5-9/h1-7H,8H2. The van der Waals surface area contributed by atoms with Crippen molar-refractivity contribution in [2.45, 2.75) is 12.0 Å². The van der Waals surface area contributed by atoms with Gasteiger partial charge in [-0.3, -0.25) is 9.79 Å². The number of allylic oxidation sites excluding steroid dienone is 1. The zero-order valence-electron chi connectivity index (χ0n) is 8.36. The summed E-state index contributed by atoms with van der Waals surface area (Å²) >= 11 is 11.6. The summed E-state index contributed by atoms with van der Waals surface area (Å²) in [6.07, 6.45) is 3.51. The van der Waals surface area contributed by atoms with Gasteiger partial charge in [-0.2, -0.15) is 0 Å². The van der Waals surface area contributed by atoms with Crippen molar-refractivity contribution in [3.63, 3.8) is 0 Å². The molecule has 82 valence electrons. The summed E-state index contributed by atoms with van der Waals surface area (Å²) in [4.78, 5) is 15.8. The van der Waals surface area contributed by atoms with E-state index in [4.69, 9.17) is 23.2 Å². The maximum atomic E-state index is 11.6. The maximum absolute atomic E-state index is 11.6. The third kappa shape index (κ3) is 1.91. The number of carbonyl (C=O) groups excluding carboxylic acids is 1. The summed E-state index contributed by atoms with van der Waals surface area (Å²) in [6, 6.07) is 9.22. The first kappa shape index (κ1) is 11.4. The molecule has 0 bridgehead atoms. The molecule has 4 heteroatoms. The Hall–Kier alpha value is -1.12. The van der Waals surface area contributed by atoms with Crippen LogP contribution in [-0.2, 0) is 10.3 Å². The van der Waals surface area contributed by atoms with Gasteiger partial charge < -0.3 is 0 Å². The van der Waals surface area contributed by atoms with Crippen LogP contribution in [0.3, 0.4) is 0 Å². The summed E-state index contributed by atoms with van der Waals surface area (Å²) in [5.74, 6) is 0. The van der Waals surface area contributed by atoms with Crippen molar-refractivity contribution in [1.29, 1.82) is 0 Å². The van der Waals surface area contributed by atoms with Gasteiger partial charge in [-0.15, -0.1) is 0 Å². The van der Waals surface area contributed by atoms with Gasteiger partial charge in [0.2, 0.25) is 0 Å². The van der Waals surface area contributed by atoms with Crippen LogP contribution in [0.2, 0.25) is 0 Å². The van der Waals surface area contributed by atoms with Crippen LogP contribution in [0, 0.1) is 0 Å². The second kappa shape index (κ2) is 4.40. The minimum atomic E-state index is -1.06. The van der Waals surface area contributed by atoms with Crippen LogP contribution in [0.25, 0.3) is 0 Å². The number of benzene rings is 1. The second-order valence-corrected chi connectivity index (χ2v) is 4.40. The van der Waals surface area contributed by atoms with E-state index in [9.17, 15) is 4.79 Å². The third-order valence-corrected chi connectivity index (χ3v) is 3.12. The van der Waals surface area contributed by atoms with Gasteiger partial charge in [0.05, 0.1) is 0 Å². The van der Waals surface area contributed by atoms with Crippen LogP contribution in [0.15, 0.2) is 46.4 Å². The number of carbonyl (C=O) groups is 1. The van der Waals surface area contributed by atoms with Gasteiger partial charge >= 0.3 is 0 Å². The molecular weight excluding hydrogens is 245 g/mol. The van der Waals surface area contributed by atoms with Crippen LogP contribution >= 0.6 is 23.2 Å². The first-order chi connectivity index (χ1) is 7.65. The average molecular weight is 254 g/mol. The first-order valence-corrected chi connectivity index (χ1v) is 5.56. The smallest absolute Gasteiger partial charge is 0.254 e.